The fraction of sp³-hybridized carbons (Fsp3) is 0.250. The van der Waals surface area contributed by atoms with Gasteiger partial charge in [0, 0.05) is 6.20 Å². The predicted octanol–water partition coefficient (Wildman–Crippen LogP) is 2.69. The highest BCUT2D eigenvalue weighted by Gasteiger charge is 2.13. The van der Waals surface area contributed by atoms with E-state index in [1.54, 1.807) is 0 Å². The number of aldehydes is 1. The van der Waals surface area contributed by atoms with E-state index >= 15 is 0 Å². The number of hydrogen-bond acceptors (Lipinski definition) is 1. The molecule has 0 aliphatic heterocycles. The molecule has 2 heterocycles. The molecule has 0 atom stereocenters. The summed E-state index contributed by atoms with van der Waals surface area (Å²) < 4.78 is 0. The maximum atomic E-state index is 10.8. The number of carbonyl (C=O) groups excluding carboxylic acids is 1. The van der Waals surface area contributed by atoms with Crippen LogP contribution in [0.5, 0.6) is 0 Å². The van der Waals surface area contributed by atoms with Gasteiger partial charge in [-0.15, -0.1) is 0 Å². The highest BCUT2D eigenvalue weighted by molar-refractivity contribution is 5.79. The second-order valence-electron chi connectivity index (χ2n) is 3.57. The number of aromatic nitrogens is 2. The van der Waals surface area contributed by atoms with Gasteiger partial charge in [-0.25, -0.2) is 0 Å². The molecule has 78 valence electrons. The zero-order chi connectivity index (χ0) is 10.8. The van der Waals surface area contributed by atoms with Crippen LogP contribution >= 0.6 is 0 Å². The van der Waals surface area contributed by atoms with Gasteiger partial charge in [0.1, 0.15) is 0 Å². The van der Waals surface area contributed by atoms with E-state index in [0.717, 1.165) is 29.7 Å². The molecule has 0 aliphatic carbocycles. The molecule has 15 heavy (non-hydrogen) atoms. The lowest BCUT2D eigenvalue weighted by atomic mass is 10.1. The highest BCUT2D eigenvalue weighted by Crippen LogP contribution is 2.26. The molecule has 0 amide bonds. The molecule has 0 spiro atoms. The van der Waals surface area contributed by atoms with Gasteiger partial charge in [-0.3, -0.25) is 4.79 Å². The second-order valence-corrected chi connectivity index (χ2v) is 3.57. The van der Waals surface area contributed by atoms with Crippen molar-refractivity contribution < 1.29 is 4.79 Å². The Balaban J connectivity index is 2.61. The van der Waals surface area contributed by atoms with Gasteiger partial charge in [-0.05, 0) is 36.6 Å². The van der Waals surface area contributed by atoms with Crippen molar-refractivity contribution in [2.45, 2.75) is 20.3 Å². The zero-order valence-electron chi connectivity index (χ0n) is 8.92. The van der Waals surface area contributed by atoms with Crippen molar-refractivity contribution in [2.75, 3.05) is 0 Å². The normalized spacial score (nSPS) is 10.5. The summed E-state index contributed by atoms with van der Waals surface area (Å²) in [7, 11) is 0. The molecule has 0 aromatic carbocycles. The molecule has 2 aromatic heterocycles. The van der Waals surface area contributed by atoms with Crippen molar-refractivity contribution in [3.63, 3.8) is 0 Å². The van der Waals surface area contributed by atoms with Gasteiger partial charge < -0.3 is 9.97 Å². The van der Waals surface area contributed by atoms with E-state index in [9.17, 15) is 4.79 Å². The maximum Gasteiger partial charge on any atom is 0.166 e. The van der Waals surface area contributed by atoms with Crippen LogP contribution in [0.2, 0.25) is 0 Å². The third-order valence-electron chi connectivity index (χ3n) is 2.76. The lowest BCUT2D eigenvalue weighted by Crippen LogP contribution is -1.85. The van der Waals surface area contributed by atoms with Crippen molar-refractivity contribution in [3.05, 3.63) is 35.2 Å². The molecule has 0 saturated heterocycles. The largest absolute Gasteiger partial charge is 0.360 e. The Labute approximate surface area is 88.5 Å². The fourth-order valence-electron chi connectivity index (χ4n) is 1.93. The van der Waals surface area contributed by atoms with E-state index in [-0.39, 0.29) is 0 Å². The molecular formula is C12H14N2O. The van der Waals surface area contributed by atoms with E-state index in [1.807, 2.05) is 25.3 Å². The summed E-state index contributed by atoms with van der Waals surface area (Å²) in [4.78, 5) is 17.1. The lowest BCUT2D eigenvalue weighted by molar-refractivity contribution is 0.111. The molecule has 0 fully saturated rings. The number of rotatable bonds is 3. The van der Waals surface area contributed by atoms with Crippen molar-refractivity contribution >= 4 is 6.29 Å². The van der Waals surface area contributed by atoms with Crippen molar-refractivity contribution in [2.24, 2.45) is 0 Å². The maximum absolute atomic E-state index is 10.8. The van der Waals surface area contributed by atoms with Crippen LogP contribution in [0.25, 0.3) is 11.4 Å². The predicted molar refractivity (Wildman–Crippen MR) is 60.1 cm³/mol. The first-order chi connectivity index (χ1) is 7.27. The minimum atomic E-state index is 0.677. The van der Waals surface area contributed by atoms with Crippen LogP contribution in [0.3, 0.4) is 0 Å². The Morgan fingerprint density at radius 1 is 1.47 bits per heavy atom. The van der Waals surface area contributed by atoms with Crippen molar-refractivity contribution in [3.8, 4) is 11.4 Å². The topological polar surface area (TPSA) is 48.6 Å². The van der Waals surface area contributed by atoms with Gasteiger partial charge in [0.15, 0.2) is 6.29 Å². The molecule has 0 bridgehead atoms. The summed E-state index contributed by atoms with van der Waals surface area (Å²) >= 11 is 0. The molecular weight excluding hydrogens is 188 g/mol. The SMILES string of the molecule is CCc1c(-c2ccc[nH]2)[nH]c(C=O)c1C. The molecule has 0 aliphatic rings. The number of nitrogens with one attached hydrogen (secondary N) is 2. The van der Waals surface area contributed by atoms with Crippen LogP contribution < -0.4 is 0 Å². The average molecular weight is 202 g/mol. The van der Waals surface area contributed by atoms with E-state index in [2.05, 4.69) is 16.9 Å². The smallest absolute Gasteiger partial charge is 0.166 e. The minimum absolute atomic E-state index is 0.677. The Morgan fingerprint density at radius 2 is 2.27 bits per heavy atom. The summed E-state index contributed by atoms with van der Waals surface area (Å²) in [5, 5.41) is 0. The van der Waals surface area contributed by atoms with Crippen LogP contribution in [0.4, 0.5) is 0 Å². The highest BCUT2D eigenvalue weighted by atomic mass is 16.1. The van der Waals surface area contributed by atoms with Gasteiger partial charge in [0.25, 0.3) is 0 Å². The van der Waals surface area contributed by atoms with E-state index in [1.165, 1.54) is 5.56 Å². The second kappa shape index (κ2) is 3.77. The number of carbonyl (C=O) groups is 1. The molecule has 2 aromatic rings. The summed E-state index contributed by atoms with van der Waals surface area (Å²) in [6.45, 7) is 4.07. The molecule has 0 unspecified atom stereocenters. The average Bonchev–Trinajstić information content (AvgIpc) is 2.84. The first kappa shape index (κ1) is 9.77. The van der Waals surface area contributed by atoms with E-state index in [0.29, 0.717) is 5.69 Å². The minimum Gasteiger partial charge on any atom is -0.360 e. The van der Waals surface area contributed by atoms with Gasteiger partial charge in [0.2, 0.25) is 0 Å². The van der Waals surface area contributed by atoms with Gasteiger partial charge in [-0.1, -0.05) is 6.92 Å². The van der Waals surface area contributed by atoms with Crippen LogP contribution in [0.1, 0.15) is 28.5 Å². The zero-order valence-corrected chi connectivity index (χ0v) is 8.92. The third kappa shape index (κ3) is 1.50. The standard InChI is InChI=1S/C12H14N2O/c1-3-9-8(2)11(7-15)14-12(9)10-5-4-6-13-10/h4-7,13-14H,3H2,1-2H3. The van der Waals surface area contributed by atoms with Crippen molar-refractivity contribution in [1.29, 1.82) is 0 Å². The van der Waals surface area contributed by atoms with Gasteiger partial charge in [0.05, 0.1) is 17.1 Å². The third-order valence-corrected chi connectivity index (χ3v) is 2.76. The number of aromatic amines is 2. The van der Waals surface area contributed by atoms with Crippen LogP contribution in [0, 0.1) is 6.92 Å². The summed E-state index contributed by atoms with van der Waals surface area (Å²) in [5.41, 5.74) is 5.00. The fourth-order valence-corrected chi connectivity index (χ4v) is 1.93. The van der Waals surface area contributed by atoms with Gasteiger partial charge in [-0.2, -0.15) is 0 Å². The van der Waals surface area contributed by atoms with Crippen molar-refractivity contribution in [1.82, 2.24) is 9.97 Å². The molecule has 3 heteroatoms. The first-order valence-corrected chi connectivity index (χ1v) is 5.08. The lowest BCUT2D eigenvalue weighted by Gasteiger charge is -1.99. The molecule has 3 nitrogen and oxygen atoms in total. The molecule has 0 radical (unpaired) electrons. The number of H-pyrrole nitrogens is 2. The quantitative estimate of drug-likeness (QED) is 0.738. The Morgan fingerprint density at radius 3 is 2.80 bits per heavy atom. The van der Waals surface area contributed by atoms with Crippen LogP contribution in [-0.2, 0) is 6.42 Å². The number of hydrogen-bond donors (Lipinski definition) is 2. The van der Waals surface area contributed by atoms with Gasteiger partial charge >= 0.3 is 0 Å². The Bertz CT molecular complexity index is 466. The monoisotopic (exact) mass is 202 g/mol. The molecule has 2 rings (SSSR count). The Hall–Kier alpha value is -1.77. The Kier molecular flexibility index (Phi) is 2.46. The van der Waals surface area contributed by atoms with Crippen LogP contribution in [-0.4, -0.2) is 16.3 Å². The van der Waals surface area contributed by atoms with Crippen LogP contribution in [0.15, 0.2) is 18.3 Å². The first-order valence-electron chi connectivity index (χ1n) is 5.08. The summed E-state index contributed by atoms with van der Waals surface area (Å²) in [6.07, 6.45) is 3.68. The molecule has 2 N–H and O–H groups in total. The molecule has 0 saturated carbocycles. The van der Waals surface area contributed by atoms with E-state index < -0.39 is 0 Å². The summed E-state index contributed by atoms with van der Waals surface area (Å²) in [5.74, 6) is 0. The van der Waals surface area contributed by atoms with E-state index in [4.69, 9.17) is 0 Å². The summed E-state index contributed by atoms with van der Waals surface area (Å²) in [6, 6.07) is 3.95.